The van der Waals surface area contributed by atoms with E-state index in [1.54, 1.807) is 12.4 Å². The number of aryl methyl sites for hydroxylation is 2. The molecular weight excluding hydrogens is 400 g/mol. The van der Waals surface area contributed by atoms with Gasteiger partial charge in [0, 0.05) is 23.2 Å². The summed E-state index contributed by atoms with van der Waals surface area (Å²) >= 11 is 6.08. The summed E-state index contributed by atoms with van der Waals surface area (Å²) in [5, 5.41) is 30.1. The van der Waals surface area contributed by atoms with Gasteiger partial charge < -0.3 is 10.4 Å². The highest BCUT2D eigenvalue weighted by molar-refractivity contribution is 6.29. The van der Waals surface area contributed by atoms with Gasteiger partial charge in [-0.25, -0.2) is 4.98 Å². The molecule has 2 aliphatic carbocycles. The lowest BCUT2D eigenvalue weighted by Gasteiger charge is -2.27. The van der Waals surface area contributed by atoms with Crippen LogP contribution in [-0.4, -0.2) is 36.7 Å². The first kappa shape index (κ1) is 19.5. The number of aliphatic hydroxyl groups is 1. The van der Waals surface area contributed by atoms with Crippen LogP contribution in [0.15, 0.2) is 30.6 Å². The number of pyridine rings is 1. The average molecular weight is 425 g/mol. The van der Waals surface area contributed by atoms with Gasteiger partial charge in [0.15, 0.2) is 0 Å². The van der Waals surface area contributed by atoms with E-state index in [0.29, 0.717) is 16.9 Å². The molecule has 3 heterocycles. The lowest BCUT2D eigenvalue weighted by molar-refractivity contribution is 0.107. The second kappa shape index (κ2) is 7.63. The smallest absolute Gasteiger partial charge is 0.129 e. The first-order valence-electron chi connectivity index (χ1n) is 10.5. The maximum absolute atomic E-state index is 11.1. The van der Waals surface area contributed by atoms with Crippen molar-refractivity contribution in [1.29, 1.82) is 0 Å². The highest BCUT2D eigenvalue weighted by Gasteiger charge is 2.67. The Balaban J connectivity index is 1.33. The number of anilines is 1. The summed E-state index contributed by atoms with van der Waals surface area (Å²) in [5.41, 5.74) is 4.88. The zero-order chi connectivity index (χ0) is 20.8. The number of H-pyrrole nitrogens is 1. The number of halogens is 1. The largest absolute Gasteiger partial charge is 0.373 e. The molecule has 30 heavy (non-hydrogen) atoms. The van der Waals surface area contributed by atoms with Crippen molar-refractivity contribution in [3.63, 3.8) is 0 Å². The highest BCUT2D eigenvalue weighted by Crippen LogP contribution is 2.71. The lowest BCUT2D eigenvalue weighted by atomic mass is 9.87. The Kier molecular flexibility index (Phi) is 4.95. The zero-order valence-corrected chi connectivity index (χ0v) is 17.8. The van der Waals surface area contributed by atoms with Crippen molar-refractivity contribution < 1.29 is 5.11 Å². The van der Waals surface area contributed by atoms with Gasteiger partial charge in [-0.15, -0.1) is 0 Å². The maximum atomic E-state index is 11.1. The molecule has 2 fully saturated rings. The Labute approximate surface area is 180 Å². The fourth-order valence-corrected chi connectivity index (χ4v) is 4.79. The molecule has 4 unspecified atom stereocenters. The number of aromatic nitrogens is 5. The molecule has 0 saturated heterocycles. The van der Waals surface area contributed by atoms with Gasteiger partial charge in [0.05, 0.1) is 18.1 Å². The summed E-state index contributed by atoms with van der Waals surface area (Å²) in [4.78, 5) is 4.48. The van der Waals surface area contributed by atoms with Gasteiger partial charge in [-0.05, 0) is 61.1 Å². The molecule has 0 amide bonds. The molecule has 0 radical (unpaired) electrons. The number of aliphatic hydroxyl groups excluding tert-OH is 1. The highest BCUT2D eigenvalue weighted by atomic mass is 35.5. The Morgan fingerprint density at radius 3 is 2.77 bits per heavy atom. The number of hydrogen-bond acceptors (Lipinski definition) is 6. The summed E-state index contributed by atoms with van der Waals surface area (Å²) in [7, 11) is 0. The zero-order valence-electron chi connectivity index (χ0n) is 17.0. The van der Waals surface area contributed by atoms with E-state index in [2.05, 4.69) is 43.7 Å². The number of nitrogens with zero attached hydrogens (tertiary/aromatic N) is 4. The molecule has 3 aromatic heterocycles. The molecule has 156 valence electrons. The Hall–Kier alpha value is -2.51. The van der Waals surface area contributed by atoms with Gasteiger partial charge >= 0.3 is 0 Å². The molecule has 3 N–H and O–H groups in total. The average Bonchev–Trinajstić information content (AvgIpc) is 3.61. The third-order valence-electron chi connectivity index (χ3n) is 6.55. The summed E-state index contributed by atoms with van der Waals surface area (Å²) in [6.45, 7) is 4.06. The van der Waals surface area contributed by atoms with Crippen molar-refractivity contribution in [2.45, 2.75) is 39.3 Å². The fourth-order valence-electron chi connectivity index (χ4n) is 4.62. The van der Waals surface area contributed by atoms with Gasteiger partial charge in [-0.1, -0.05) is 24.6 Å². The molecule has 4 atom stereocenters. The molecule has 2 aliphatic rings. The quantitative estimate of drug-likeness (QED) is 0.377. The van der Waals surface area contributed by atoms with Crippen LogP contribution in [0, 0.1) is 30.6 Å². The minimum Gasteiger partial charge on any atom is -0.373 e. The van der Waals surface area contributed by atoms with Gasteiger partial charge in [0.2, 0.25) is 0 Å². The van der Waals surface area contributed by atoms with Crippen LogP contribution in [-0.2, 0) is 12.8 Å². The molecule has 8 heteroatoms. The van der Waals surface area contributed by atoms with Crippen LogP contribution in [0.5, 0.6) is 0 Å². The molecule has 0 bridgehead atoms. The predicted octanol–water partition coefficient (Wildman–Crippen LogP) is 3.64. The van der Waals surface area contributed by atoms with Crippen LogP contribution < -0.4 is 5.32 Å². The van der Waals surface area contributed by atoms with Crippen molar-refractivity contribution in [3.05, 3.63) is 52.6 Å². The van der Waals surface area contributed by atoms with Gasteiger partial charge in [0.25, 0.3) is 0 Å². The molecule has 0 spiro atoms. The van der Waals surface area contributed by atoms with Crippen LogP contribution in [0.4, 0.5) is 5.82 Å². The summed E-state index contributed by atoms with van der Waals surface area (Å²) in [5.74, 6) is 2.94. The normalized spacial score (nSPS) is 23.5. The van der Waals surface area contributed by atoms with Crippen molar-refractivity contribution in [1.82, 2.24) is 25.4 Å². The predicted molar refractivity (Wildman–Crippen MR) is 115 cm³/mol. The molecule has 7 nitrogen and oxygen atoms in total. The standard InChI is InChI=1S/C22H25ClN6O/c1-3-17-12(4-5-19(23)26-17)6-15(21-13-7-14(13)21)22(30)27-20-8-18(28-29-20)16-10-25-24-9-11(16)2/h4-5,8-10,13-15,21-22,30H,3,6-7H2,1-2H3,(H2,27,28,29). The number of hydrogen-bond donors (Lipinski definition) is 3. The number of aromatic amines is 1. The van der Waals surface area contributed by atoms with E-state index in [-0.39, 0.29) is 5.92 Å². The first-order valence-corrected chi connectivity index (χ1v) is 10.8. The maximum Gasteiger partial charge on any atom is 0.129 e. The molecule has 2 saturated carbocycles. The van der Waals surface area contributed by atoms with E-state index >= 15 is 0 Å². The van der Waals surface area contributed by atoms with Gasteiger partial charge in [0.1, 0.15) is 17.2 Å². The van der Waals surface area contributed by atoms with Crippen LogP contribution in [0.3, 0.4) is 0 Å². The van der Waals surface area contributed by atoms with Crippen LogP contribution in [0.2, 0.25) is 5.15 Å². The van der Waals surface area contributed by atoms with Crippen LogP contribution in [0.1, 0.15) is 30.2 Å². The van der Waals surface area contributed by atoms with E-state index in [9.17, 15) is 5.11 Å². The van der Waals surface area contributed by atoms with Crippen molar-refractivity contribution >= 4 is 17.4 Å². The summed E-state index contributed by atoms with van der Waals surface area (Å²) < 4.78 is 0. The van der Waals surface area contributed by atoms with Crippen LogP contribution in [0.25, 0.3) is 11.3 Å². The van der Waals surface area contributed by atoms with E-state index < -0.39 is 6.23 Å². The fraction of sp³-hybridized carbons (Fsp3) is 0.455. The van der Waals surface area contributed by atoms with Gasteiger partial charge in [-0.3, -0.25) is 5.10 Å². The van der Waals surface area contributed by atoms with E-state index in [4.69, 9.17) is 11.6 Å². The first-order chi connectivity index (χ1) is 14.5. The second-order valence-electron chi connectivity index (χ2n) is 8.44. The third-order valence-corrected chi connectivity index (χ3v) is 6.76. The van der Waals surface area contributed by atoms with E-state index in [1.807, 2.05) is 19.1 Å². The monoisotopic (exact) mass is 424 g/mol. The Bertz CT molecular complexity index is 1060. The third kappa shape index (κ3) is 3.68. The summed E-state index contributed by atoms with van der Waals surface area (Å²) in [6, 6.07) is 5.79. The minimum atomic E-state index is -0.673. The van der Waals surface area contributed by atoms with Gasteiger partial charge in [-0.2, -0.15) is 15.3 Å². The topological polar surface area (TPSA) is 99.6 Å². The number of nitrogens with one attached hydrogen (secondary N) is 2. The van der Waals surface area contributed by atoms with Crippen molar-refractivity contribution in [2.24, 2.45) is 23.7 Å². The van der Waals surface area contributed by atoms with Crippen LogP contribution >= 0.6 is 11.6 Å². The molecule has 0 aliphatic heterocycles. The van der Waals surface area contributed by atoms with Crippen molar-refractivity contribution in [3.8, 4) is 11.3 Å². The summed E-state index contributed by atoms with van der Waals surface area (Å²) in [6.07, 6.45) is 5.66. The Morgan fingerprint density at radius 1 is 1.27 bits per heavy atom. The molecular formula is C22H25ClN6O. The van der Waals surface area contributed by atoms with E-state index in [1.165, 1.54) is 12.0 Å². The van der Waals surface area contributed by atoms with E-state index in [0.717, 1.165) is 47.2 Å². The minimum absolute atomic E-state index is 0.123. The molecule has 5 rings (SSSR count). The lowest BCUT2D eigenvalue weighted by Crippen LogP contribution is -2.34. The SMILES string of the molecule is CCc1nc(Cl)ccc1CC(C(O)Nc1cc(-c2cnncc2C)n[nH]1)C1C2CC21. The molecule has 3 aromatic rings. The number of fused-ring (bicyclic) bond motifs is 1. The van der Waals surface area contributed by atoms with Crippen molar-refractivity contribution in [2.75, 3.05) is 5.32 Å². The Morgan fingerprint density at radius 2 is 2.07 bits per heavy atom. The number of rotatable bonds is 8. The molecule has 0 aromatic carbocycles. The second-order valence-corrected chi connectivity index (χ2v) is 8.83.